The highest BCUT2D eigenvalue weighted by Crippen LogP contribution is 2.38. The summed E-state index contributed by atoms with van der Waals surface area (Å²) in [6.45, 7) is 3.86. The van der Waals surface area contributed by atoms with Gasteiger partial charge in [-0.2, -0.15) is 0 Å². The van der Waals surface area contributed by atoms with E-state index in [-0.39, 0.29) is 18.4 Å². The SMILES string of the molecule is Cc1ccc(CO)cc1NC(=O)C1Oc2ccccc2C1C. The molecular weight excluding hydrogens is 278 g/mol. The molecule has 2 atom stereocenters. The molecule has 2 unspecified atom stereocenters. The molecule has 4 heteroatoms. The number of aliphatic hydroxyl groups is 1. The van der Waals surface area contributed by atoms with Crippen LogP contribution in [0, 0.1) is 6.92 Å². The van der Waals surface area contributed by atoms with E-state index in [9.17, 15) is 9.90 Å². The lowest BCUT2D eigenvalue weighted by molar-refractivity contribution is -0.122. The van der Waals surface area contributed by atoms with E-state index in [1.807, 2.05) is 50.2 Å². The van der Waals surface area contributed by atoms with Crippen LogP contribution in [0.25, 0.3) is 0 Å². The van der Waals surface area contributed by atoms with Crippen molar-refractivity contribution < 1.29 is 14.6 Å². The lowest BCUT2D eigenvalue weighted by atomic mass is 9.97. The number of rotatable bonds is 3. The van der Waals surface area contributed by atoms with Crippen LogP contribution in [0.3, 0.4) is 0 Å². The maximum absolute atomic E-state index is 12.5. The fourth-order valence-corrected chi connectivity index (χ4v) is 2.75. The van der Waals surface area contributed by atoms with Crippen molar-refractivity contribution >= 4 is 11.6 Å². The number of carbonyl (C=O) groups excluding carboxylic acids is 1. The van der Waals surface area contributed by atoms with Crippen LogP contribution in [0.4, 0.5) is 5.69 Å². The summed E-state index contributed by atoms with van der Waals surface area (Å²) in [6.07, 6.45) is -0.533. The Morgan fingerprint density at radius 1 is 1.27 bits per heavy atom. The van der Waals surface area contributed by atoms with E-state index in [4.69, 9.17) is 4.74 Å². The molecule has 0 spiro atoms. The summed E-state index contributed by atoms with van der Waals surface area (Å²) in [5.41, 5.74) is 3.49. The smallest absolute Gasteiger partial charge is 0.266 e. The van der Waals surface area contributed by atoms with Gasteiger partial charge in [0.15, 0.2) is 6.10 Å². The largest absolute Gasteiger partial charge is 0.480 e. The van der Waals surface area contributed by atoms with Gasteiger partial charge in [0.05, 0.1) is 6.61 Å². The molecule has 114 valence electrons. The Labute approximate surface area is 129 Å². The van der Waals surface area contributed by atoms with Crippen LogP contribution in [0.5, 0.6) is 5.75 Å². The van der Waals surface area contributed by atoms with E-state index < -0.39 is 6.10 Å². The molecule has 1 heterocycles. The Hall–Kier alpha value is -2.33. The number of fused-ring (bicyclic) bond motifs is 1. The minimum Gasteiger partial charge on any atom is -0.480 e. The van der Waals surface area contributed by atoms with Crippen molar-refractivity contribution in [3.63, 3.8) is 0 Å². The Morgan fingerprint density at radius 2 is 2.05 bits per heavy atom. The number of ether oxygens (including phenoxy) is 1. The van der Waals surface area contributed by atoms with Gasteiger partial charge in [-0.05, 0) is 30.2 Å². The van der Waals surface area contributed by atoms with Crippen molar-refractivity contribution in [1.29, 1.82) is 0 Å². The van der Waals surface area contributed by atoms with Crippen molar-refractivity contribution in [3.05, 3.63) is 59.2 Å². The zero-order chi connectivity index (χ0) is 15.7. The summed E-state index contributed by atoms with van der Waals surface area (Å²) in [6, 6.07) is 13.3. The molecule has 22 heavy (non-hydrogen) atoms. The first kappa shape index (κ1) is 14.6. The predicted octanol–water partition coefficient (Wildman–Crippen LogP) is 2.99. The molecule has 0 saturated carbocycles. The molecule has 2 aromatic rings. The van der Waals surface area contributed by atoms with E-state index in [0.717, 1.165) is 22.4 Å². The normalized spacial score (nSPS) is 19.4. The predicted molar refractivity (Wildman–Crippen MR) is 85.0 cm³/mol. The minimum absolute atomic E-state index is 0.0116. The van der Waals surface area contributed by atoms with Gasteiger partial charge in [-0.3, -0.25) is 4.79 Å². The molecule has 0 saturated heterocycles. The third-order valence-corrected chi connectivity index (χ3v) is 4.12. The number of benzene rings is 2. The van der Waals surface area contributed by atoms with Crippen LogP contribution in [-0.2, 0) is 11.4 Å². The van der Waals surface area contributed by atoms with Crippen LogP contribution >= 0.6 is 0 Å². The third-order valence-electron chi connectivity index (χ3n) is 4.12. The average Bonchev–Trinajstić information content (AvgIpc) is 2.87. The van der Waals surface area contributed by atoms with Gasteiger partial charge in [-0.25, -0.2) is 0 Å². The van der Waals surface area contributed by atoms with E-state index >= 15 is 0 Å². The summed E-state index contributed by atoms with van der Waals surface area (Å²) < 4.78 is 5.79. The number of aliphatic hydroxyl groups excluding tert-OH is 1. The zero-order valence-corrected chi connectivity index (χ0v) is 12.7. The van der Waals surface area contributed by atoms with Gasteiger partial charge in [-0.1, -0.05) is 37.3 Å². The molecule has 0 aromatic heterocycles. The minimum atomic E-state index is -0.533. The number of anilines is 1. The molecule has 2 aromatic carbocycles. The van der Waals surface area contributed by atoms with Gasteiger partial charge in [0, 0.05) is 17.2 Å². The molecule has 3 rings (SSSR count). The number of nitrogens with one attached hydrogen (secondary N) is 1. The van der Waals surface area contributed by atoms with Crippen LogP contribution in [0.1, 0.15) is 29.5 Å². The van der Waals surface area contributed by atoms with Gasteiger partial charge >= 0.3 is 0 Å². The highest BCUT2D eigenvalue weighted by Gasteiger charge is 2.36. The van der Waals surface area contributed by atoms with Crippen LogP contribution in [-0.4, -0.2) is 17.1 Å². The average molecular weight is 297 g/mol. The summed E-state index contributed by atoms with van der Waals surface area (Å²) in [5, 5.41) is 12.1. The number of para-hydroxylation sites is 1. The Morgan fingerprint density at radius 3 is 2.77 bits per heavy atom. The molecule has 1 aliphatic heterocycles. The Balaban J connectivity index is 1.79. The van der Waals surface area contributed by atoms with Gasteiger partial charge < -0.3 is 15.2 Å². The fraction of sp³-hybridized carbons (Fsp3) is 0.278. The molecule has 1 aliphatic rings. The summed E-state index contributed by atoms with van der Waals surface area (Å²) in [7, 11) is 0. The summed E-state index contributed by atoms with van der Waals surface area (Å²) in [5.74, 6) is 0.621. The standard InChI is InChI=1S/C18H19NO3/c1-11-7-8-13(10-20)9-15(11)19-18(21)17-12(2)14-5-3-4-6-16(14)22-17/h3-9,12,17,20H,10H2,1-2H3,(H,19,21). The van der Waals surface area contributed by atoms with Crippen LogP contribution in [0.2, 0.25) is 0 Å². The first-order valence-electron chi connectivity index (χ1n) is 7.37. The van der Waals surface area contributed by atoms with Crippen LogP contribution in [0.15, 0.2) is 42.5 Å². The molecule has 0 aliphatic carbocycles. The Kier molecular flexibility index (Phi) is 3.86. The first-order valence-corrected chi connectivity index (χ1v) is 7.37. The van der Waals surface area contributed by atoms with Gasteiger partial charge in [0.25, 0.3) is 5.91 Å². The van der Waals surface area contributed by atoms with Crippen molar-refractivity contribution in [1.82, 2.24) is 0 Å². The third kappa shape index (κ3) is 2.57. The van der Waals surface area contributed by atoms with Crippen molar-refractivity contribution in [3.8, 4) is 5.75 Å². The number of hydrogen-bond acceptors (Lipinski definition) is 3. The number of hydrogen-bond donors (Lipinski definition) is 2. The monoisotopic (exact) mass is 297 g/mol. The summed E-state index contributed by atoms with van der Waals surface area (Å²) in [4.78, 5) is 12.5. The highest BCUT2D eigenvalue weighted by atomic mass is 16.5. The van der Waals surface area contributed by atoms with E-state index in [1.165, 1.54) is 0 Å². The second-order valence-electron chi connectivity index (χ2n) is 5.66. The van der Waals surface area contributed by atoms with Gasteiger partial charge in [0.2, 0.25) is 0 Å². The molecule has 0 bridgehead atoms. The van der Waals surface area contributed by atoms with E-state index in [2.05, 4.69) is 5.32 Å². The van der Waals surface area contributed by atoms with Crippen LogP contribution < -0.4 is 10.1 Å². The topological polar surface area (TPSA) is 58.6 Å². The maximum atomic E-state index is 12.5. The van der Waals surface area contributed by atoms with Crippen molar-refractivity contribution in [2.75, 3.05) is 5.32 Å². The number of amides is 1. The Bertz CT molecular complexity index is 711. The highest BCUT2D eigenvalue weighted by molar-refractivity contribution is 5.96. The number of carbonyl (C=O) groups is 1. The van der Waals surface area contributed by atoms with E-state index in [1.54, 1.807) is 6.07 Å². The number of aryl methyl sites for hydroxylation is 1. The first-order chi connectivity index (χ1) is 10.6. The maximum Gasteiger partial charge on any atom is 0.266 e. The second-order valence-corrected chi connectivity index (χ2v) is 5.66. The molecular formula is C18H19NO3. The summed E-state index contributed by atoms with van der Waals surface area (Å²) >= 11 is 0. The van der Waals surface area contributed by atoms with Gasteiger partial charge in [-0.15, -0.1) is 0 Å². The molecule has 1 amide bonds. The van der Waals surface area contributed by atoms with Crippen molar-refractivity contribution in [2.45, 2.75) is 32.5 Å². The molecule has 2 N–H and O–H groups in total. The molecule has 4 nitrogen and oxygen atoms in total. The zero-order valence-electron chi connectivity index (χ0n) is 12.7. The fourth-order valence-electron chi connectivity index (χ4n) is 2.75. The second kappa shape index (κ2) is 5.81. The lowest BCUT2D eigenvalue weighted by Crippen LogP contribution is -2.33. The molecule has 0 fully saturated rings. The van der Waals surface area contributed by atoms with Crippen molar-refractivity contribution in [2.24, 2.45) is 0 Å². The van der Waals surface area contributed by atoms with E-state index in [0.29, 0.717) is 5.69 Å². The quantitative estimate of drug-likeness (QED) is 0.915. The van der Waals surface area contributed by atoms with Gasteiger partial charge in [0.1, 0.15) is 5.75 Å². The lowest BCUT2D eigenvalue weighted by Gasteiger charge is -2.17. The molecule has 0 radical (unpaired) electrons.